The van der Waals surface area contributed by atoms with Gasteiger partial charge in [0.15, 0.2) is 0 Å². The second kappa shape index (κ2) is 8.39. The lowest BCUT2D eigenvalue weighted by Gasteiger charge is -2.20. The van der Waals surface area contributed by atoms with Crippen molar-refractivity contribution in [3.05, 3.63) is 21.0 Å². The van der Waals surface area contributed by atoms with E-state index in [9.17, 15) is 4.79 Å². The molecule has 0 amide bonds. The molecular weight excluding hydrogens is 322 g/mol. The maximum absolute atomic E-state index is 12.2. The third-order valence-corrected chi connectivity index (χ3v) is 3.80. The second-order valence-electron chi connectivity index (χ2n) is 5.05. The van der Waals surface area contributed by atoms with Crippen molar-refractivity contribution in [2.75, 3.05) is 52.7 Å². The number of anilines is 1. The van der Waals surface area contributed by atoms with E-state index >= 15 is 0 Å². The molecule has 0 spiro atoms. The highest BCUT2D eigenvalue weighted by atomic mass is 79.9. The standard InChI is InChI=1S/C13H24BrN5O/c1-15-6-5-7-18(4)11-10-16-19(9-8-17(2)3)13(20)12(11)14/h10,15H,5-9H2,1-4H3. The van der Waals surface area contributed by atoms with E-state index in [0.29, 0.717) is 11.0 Å². The van der Waals surface area contributed by atoms with Gasteiger partial charge >= 0.3 is 0 Å². The molecule has 0 aliphatic heterocycles. The number of nitrogens with one attached hydrogen (secondary N) is 1. The van der Waals surface area contributed by atoms with Gasteiger partial charge in [-0.3, -0.25) is 4.79 Å². The van der Waals surface area contributed by atoms with Gasteiger partial charge in [-0.15, -0.1) is 0 Å². The van der Waals surface area contributed by atoms with E-state index in [0.717, 1.165) is 31.7 Å². The van der Waals surface area contributed by atoms with Crippen molar-refractivity contribution in [3.8, 4) is 0 Å². The molecule has 0 saturated heterocycles. The Bertz CT molecular complexity index is 474. The zero-order valence-corrected chi connectivity index (χ0v) is 14.3. The molecule has 1 aromatic rings. The van der Waals surface area contributed by atoms with Crippen LogP contribution in [0.4, 0.5) is 5.69 Å². The number of hydrogen-bond donors (Lipinski definition) is 1. The predicted molar refractivity (Wildman–Crippen MR) is 86.6 cm³/mol. The second-order valence-corrected chi connectivity index (χ2v) is 5.85. The van der Waals surface area contributed by atoms with Crippen LogP contribution in [0.5, 0.6) is 0 Å². The Labute approximate surface area is 128 Å². The van der Waals surface area contributed by atoms with Crippen LogP contribution in [0.1, 0.15) is 6.42 Å². The number of halogens is 1. The molecule has 0 saturated carbocycles. The van der Waals surface area contributed by atoms with Gasteiger partial charge < -0.3 is 15.1 Å². The van der Waals surface area contributed by atoms with E-state index in [1.807, 2.05) is 38.0 Å². The summed E-state index contributed by atoms with van der Waals surface area (Å²) >= 11 is 3.40. The Kier molecular flexibility index (Phi) is 7.18. The van der Waals surface area contributed by atoms with Crippen molar-refractivity contribution in [2.24, 2.45) is 0 Å². The summed E-state index contributed by atoms with van der Waals surface area (Å²) in [5.74, 6) is 0. The molecule has 20 heavy (non-hydrogen) atoms. The smallest absolute Gasteiger partial charge is 0.283 e. The molecule has 0 radical (unpaired) electrons. The first-order chi connectivity index (χ1) is 9.47. The quantitative estimate of drug-likeness (QED) is 0.699. The molecule has 7 heteroatoms. The summed E-state index contributed by atoms with van der Waals surface area (Å²) in [5, 5.41) is 7.36. The first-order valence-corrected chi connectivity index (χ1v) is 7.52. The van der Waals surface area contributed by atoms with Gasteiger partial charge in [0.05, 0.1) is 18.4 Å². The van der Waals surface area contributed by atoms with Gasteiger partial charge in [0.2, 0.25) is 0 Å². The topological polar surface area (TPSA) is 53.4 Å². The van der Waals surface area contributed by atoms with Crippen LogP contribution >= 0.6 is 15.9 Å². The fraction of sp³-hybridized carbons (Fsp3) is 0.692. The summed E-state index contributed by atoms with van der Waals surface area (Å²) in [5.41, 5.74) is 0.761. The SMILES string of the molecule is CNCCCN(C)c1cnn(CCN(C)C)c(=O)c1Br. The highest BCUT2D eigenvalue weighted by Gasteiger charge is 2.12. The van der Waals surface area contributed by atoms with Gasteiger partial charge in [-0.05, 0) is 50.0 Å². The highest BCUT2D eigenvalue weighted by molar-refractivity contribution is 9.10. The number of rotatable bonds is 8. The Balaban J connectivity index is 2.80. The van der Waals surface area contributed by atoms with Crippen LogP contribution in [0.2, 0.25) is 0 Å². The van der Waals surface area contributed by atoms with E-state index < -0.39 is 0 Å². The van der Waals surface area contributed by atoms with E-state index in [4.69, 9.17) is 0 Å². The molecule has 114 valence electrons. The Morgan fingerprint density at radius 3 is 2.65 bits per heavy atom. The summed E-state index contributed by atoms with van der Waals surface area (Å²) in [4.78, 5) is 16.3. The Morgan fingerprint density at radius 2 is 2.05 bits per heavy atom. The van der Waals surface area contributed by atoms with Gasteiger partial charge in [-0.1, -0.05) is 0 Å². The zero-order chi connectivity index (χ0) is 15.1. The van der Waals surface area contributed by atoms with Crippen LogP contribution in [0.25, 0.3) is 0 Å². The van der Waals surface area contributed by atoms with E-state index in [1.165, 1.54) is 4.68 Å². The molecule has 0 bridgehead atoms. The fourth-order valence-electron chi connectivity index (χ4n) is 1.79. The monoisotopic (exact) mass is 345 g/mol. The Morgan fingerprint density at radius 1 is 1.35 bits per heavy atom. The van der Waals surface area contributed by atoms with Crippen molar-refractivity contribution >= 4 is 21.6 Å². The normalized spacial score (nSPS) is 11.1. The minimum atomic E-state index is -0.0789. The summed E-state index contributed by atoms with van der Waals surface area (Å²) in [6.07, 6.45) is 2.77. The largest absolute Gasteiger partial charge is 0.372 e. The van der Waals surface area contributed by atoms with Crippen LogP contribution in [0.15, 0.2) is 15.5 Å². The number of aromatic nitrogens is 2. The van der Waals surface area contributed by atoms with Crippen LogP contribution in [0, 0.1) is 0 Å². The van der Waals surface area contributed by atoms with Crippen LogP contribution in [-0.2, 0) is 6.54 Å². The fourth-order valence-corrected chi connectivity index (χ4v) is 2.40. The first kappa shape index (κ1) is 17.1. The van der Waals surface area contributed by atoms with Gasteiger partial charge in [-0.2, -0.15) is 5.10 Å². The highest BCUT2D eigenvalue weighted by Crippen LogP contribution is 2.20. The molecule has 0 aliphatic rings. The summed E-state index contributed by atoms with van der Waals surface area (Å²) in [6, 6.07) is 0. The van der Waals surface area contributed by atoms with E-state index in [1.54, 1.807) is 6.20 Å². The number of likely N-dealkylation sites (N-methyl/N-ethyl adjacent to an activating group) is 1. The molecule has 6 nitrogen and oxygen atoms in total. The molecule has 0 atom stereocenters. The average molecular weight is 346 g/mol. The van der Waals surface area contributed by atoms with Crippen LogP contribution in [-0.4, -0.2) is 62.5 Å². The van der Waals surface area contributed by atoms with Crippen molar-refractivity contribution in [2.45, 2.75) is 13.0 Å². The molecule has 0 unspecified atom stereocenters. The third kappa shape index (κ3) is 4.88. The first-order valence-electron chi connectivity index (χ1n) is 6.73. The van der Waals surface area contributed by atoms with Crippen LogP contribution < -0.4 is 15.8 Å². The lowest BCUT2D eigenvalue weighted by Crippen LogP contribution is -2.31. The molecule has 0 aliphatic carbocycles. The molecule has 0 aromatic carbocycles. The lowest BCUT2D eigenvalue weighted by molar-refractivity contribution is 0.367. The predicted octanol–water partition coefficient (Wildman–Crippen LogP) is 0.613. The summed E-state index contributed by atoms with van der Waals surface area (Å²) < 4.78 is 2.08. The van der Waals surface area contributed by atoms with E-state index in [-0.39, 0.29) is 5.56 Å². The van der Waals surface area contributed by atoms with Crippen molar-refractivity contribution in [1.82, 2.24) is 20.0 Å². The molecule has 1 N–H and O–H groups in total. The van der Waals surface area contributed by atoms with Gasteiger partial charge in [0, 0.05) is 20.1 Å². The minimum absolute atomic E-state index is 0.0789. The van der Waals surface area contributed by atoms with Gasteiger partial charge in [0.1, 0.15) is 4.47 Å². The lowest BCUT2D eigenvalue weighted by atomic mass is 10.3. The van der Waals surface area contributed by atoms with Crippen molar-refractivity contribution in [3.63, 3.8) is 0 Å². The van der Waals surface area contributed by atoms with Crippen molar-refractivity contribution in [1.29, 1.82) is 0 Å². The van der Waals surface area contributed by atoms with Crippen molar-refractivity contribution < 1.29 is 0 Å². The minimum Gasteiger partial charge on any atom is -0.372 e. The van der Waals surface area contributed by atoms with Crippen LogP contribution in [0.3, 0.4) is 0 Å². The van der Waals surface area contributed by atoms with Gasteiger partial charge in [-0.25, -0.2) is 4.68 Å². The average Bonchev–Trinajstić information content (AvgIpc) is 2.40. The Hall–Kier alpha value is -0.920. The maximum Gasteiger partial charge on any atom is 0.283 e. The zero-order valence-electron chi connectivity index (χ0n) is 12.7. The maximum atomic E-state index is 12.2. The molecule has 1 rings (SSSR count). The van der Waals surface area contributed by atoms with E-state index in [2.05, 4.69) is 26.3 Å². The third-order valence-electron chi connectivity index (χ3n) is 3.06. The molecule has 0 fully saturated rings. The summed E-state index contributed by atoms with van der Waals surface area (Å²) in [7, 11) is 7.86. The number of nitrogens with zero attached hydrogens (tertiary/aromatic N) is 4. The molecular formula is C13H24BrN5O. The molecule has 1 aromatic heterocycles. The molecule has 1 heterocycles. The summed E-state index contributed by atoms with van der Waals surface area (Å²) in [6.45, 7) is 3.21. The van der Waals surface area contributed by atoms with Gasteiger partial charge in [0.25, 0.3) is 5.56 Å². The number of hydrogen-bond acceptors (Lipinski definition) is 5.